The Balaban J connectivity index is 1.44. The number of hydrogen-bond acceptors (Lipinski definition) is 6. The third-order valence-corrected chi connectivity index (χ3v) is 4.05. The van der Waals surface area contributed by atoms with Gasteiger partial charge in [0.2, 0.25) is 11.7 Å². The van der Waals surface area contributed by atoms with Gasteiger partial charge in [-0.25, -0.2) is 4.79 Å². The Labute approximate surface area is 157 Å². The predicted molar refractivity (Wildman–Crippen MR) is 95.1 cm³/mol. The van der Waals surface area contributed by atoms with Crippen molar-refractivity contribution in [1.82, 2.24) is 10.2 Å². The summed E-state index contributed by atoms with van der Waals surface area (Å²) in [6, 6.07) is 13.6. The van der Waals surface area contributed by atoms with E-state index in [0.29, 0.717) is 32.5 Å². The van der Waals surface area contributed by atoms with E-state index < -0.39 is 5.97 Å². The SMILES string of the molecule is O=C(OCc1nnc(-c2ccc(Cl)cc2)o1)c1cc2cc(Cl)ccc2o1. The molecule has 0 aliphatic carbocycles. The summed E-state index contributed by atoms with van der Waals surface area (Å²) in [6.07, 6.45) is 0. The first-order valence-electron chi connectivity index (χ1n) is 7.53. The zero-order valence-corrected chi connectivity index (χ0v) is 14.6. The molecule has 0 bridgehead atoms. The van der Waals surface area contributed by atoms with Crippen molar-refractivity contribution in [3.63, 3.8) is 0 Å². The van der Waals surface area contributed by atoms with Gasteiger partial charge in [0.15, 0.2) is 6.61 Å². The van der Waals surface area contributed by atoms with E-state index in [1.807, 2.05) is 0 Å². The van der Waals surface area contributed by atoms with Crippen LogP contribution in [0.15, 0.2) is 57.4 Å². The van der Waals surface area contributed by atoms with E-state index in [9.17, 15) is 4.79 Å². The fraction of sp³-hybridized carbons (Fsp3) is 0.0556. The van der Waals surface area contributed by atoms with Gasteiger partial charge in [-0.05, 0) is 48.5 Å². The number of rotatable bonds is 4. The van der Waals surface area contributed by atoms with Gasteiger partial charge in [-0.3, -0.25) is 0 Å². The fourth-order valence-corrected chi connectivity index (χ4v) is 2.64. The molecule has 0 aliphatic heterocycles. The van der Waals surface area contributed by atoms with Crippen LogP contribution in [0.5, 0.6) is 0 Å². The second-order valence-electron chi connectivity index (χ2n) is 5.38. The first-order valence-corrected chi connectivity index (χ1v) is 8.28. The lowest BCUT2D eigenvalue weighted by atomic mass is 10.2. The van der Waals surface area contributed by atoms with Crippen molar-refractivity contribution in [3.05, 3.63) is 70.2 Å². The Kier molecular flexibility index (Phi) is 4.36. The Morgan fingerprint density at radius 2 is 1.73 bits per heavy atom. The molecule has 0 radical (unpaired) electrons. The van der Waals surface area contributed by atoms with Crippen molar-refractivity contribution in [2.24, 2.45) is 0 Å². The molecule has 0 saturated heterocycles. The van der Waals surface area contributed by atoms with Crippen molar-refractivity contribution in [3.8, 4) is 11.5 Å². The van der Waals surface area contributed by atoms with Crippen LogP contribution < -0.4 is 0 Å². The van der Waals surface area contributed by atoms with Crippen LogP contribution in [0, 0.1) is 0 Å². The van der Waals surface area contributed by atoms with Gasteiger partial charge >= 0.3 is 5.97 Å². The number of aromatic nitrogens is 2. The third kappa shape index (κ3) is 3.42. The molecular formula is C18H10Cl2N2O4. The van der Waals surface area contributed by atoms with Crippen molar-refractivity contribution in [2.75, 3.05) is 0 Å². The summed E-state index contributed by atoms with van der Waals surface area (Å²) in [5.41, 5.74) is 1.26. The van der Waals surface area contributed by atoms with Crippen LogP contribution >= 0.6 is 23.2 Å². The molecule has 0 unspecified atom stereocenters. The van der Waals surface area contributed by atoms with E-state index in [0.717, 1.165) is 0 Å². The molecule has 2 heterocycles. The number of furan rings is 1. The standard InChI is InChI=1S/C18H10Cl2N2O4/c19-12-3-1-10(2-4-12)17-22-21-16(26-17)9-24-18(23)15-8-11-7-13(20)5-6-14(11)25-15/h1-8H,9H2. The summed E-state index contributed by atoms with van der Waals surface area (Å²) in [6.45, 7) is -0.169. The van der Waals surface area contributed by atoms with E-state index in [1.54, 1.807) is 48.5 Å². The van der Waals surface area contributed by atoms with Crippen molar-refractivity contribution < 1.29 is 18.4 Å². The Morgan fingerprint density at radius 3 is 2.54 bits per heavy atom. The average Bonchev–Trinajstić information content (AvgIpc) is 3.27. The van der Waals surface area contributed by atoms with Gasteiger partial charge in [-0.2, -0.15) is 0 Å². The first kappa shape index (κ1) is 16.6. The molecule has 0 fully saturated rings. The van der Waals surface area contributed by atoms with Crippen LogP contribution in [0.2, 0.25) is 10.0 Å². The summed E-state index contributed by atoms with van der Waals surface area (Å²) in [5, 5.41) is 9.66. The average molecular weight is 389 g/mol. The van der Waals surface area contributed by atoms with Crippen molar-refractivity contribution >= 4 is 40.1 Å². The second kappa shape index (κ2) is 6.82. The van der Waals surface area contributed by atoms with E-state index in [1.165, 1.54) is 0 Å². The fourth-order valence-electron chi connectivity index (χ4n) is 2.33. The van der Waals surface area contributed by atoms with E-state index in [4.69, 9.17) is 36.8 Å². The highest BCUT2D eigenvalue weighted by atomic mass is 35.5. The summed E-state index contributed by atoms with van der Waals surface area (Å²) >= 11 is 11.8. The molecule has 26 heavy (non-hydrogen) atoms. The third-order valence-electron chi connectivity index (χ3n) is 3.56. The Bertz CT molecular complexity index is 1090. The normalized spacial score (nSPS) is 11.0. The minimum Gasteiger partial charge on any atom is -0.450 e. The largest absolute Gasteiger partial charge is 0.450 e. The van der Waals surface area contributed by atoms with Crippen LogP contribution in [0.25, 0.3) is 22.4 Å². The van der Waals surface area contributed by atoms with Gasteiger partial charge in [0.1, 0.15) is 5.58 Å². The van der Waals surface area contributed by atoms with Gasteiger partial charge in [-0.15, -0.1) is 10.2 Å². The van der Waals surface area contributed by atoms with Crippen molar-refractivity contribution in [1.29, 1.82) is 0 Å². The Morgan fingerprint density at radius 1 is 0.962 bits per heavy atom. The van der Waals surface area contributed by atoms with Crippen LogP contribution in [0.3, 0.4) is 0 Å². The van der Waals surface area contributed by atoms with Gasteiger partial charge in [-0.1, -0.05) is 23.2 Å². The minimum atomic E-state index is -0.636. The Hall–Kier alpha value is -2.83. The smallest absolute Gasteiger partial charge is 0.374 e. The molecule has 130 valence electrons. The maximum atomic E-state index is 12.1. The lowest BCUT2D eigenvalue weighted by Gasteiger charge is -1.98. The summed E-state index contributed by atoms with van der Waals surface area (Å²) in [7, 11) is 0. The lowest BCUT2D eigenvalue weighted by Crippen LogP contribution is -2.04. The highest BCUT2D eigenvalue weighted by Crippen LogP contribution is 2.24. The molecule has 2 aromatic heterocycles. The van der Waals surface area contributed by atoms with Crippen LogP contribution in [0.1, 0.15) is 16.4 Å². The second-order valence-corrected chi connectivity index (χ2v) is 6.25. The summed E-state index contributed by atoms with van der Waals surface area (Å²) in [5.74, 6) is -0.0863. The van der Waals surface area contributed by atoms with Gasteiger partial charge < -0.3 is 13.6 Å². The molecular weight excluding hydrogens is 379 g/mol. The number of ether oxygens (including phenoxy) is 1. The number of esters is 1. The molecule has 6 nitrogen and oxygen atoms in total. The number of halogens is 2. The van der Waals surface area contributed by atoms with E-state index >= 15 is 0 Å². The molecule has 0 aliphatic rings. The van der Waals surface area contributed by atoms with Gasteiger partial charge in [0.05, 0.1) is 0 Å². The van der Waals surface area contributed by atoms with E-state index in [-0.39, 0.29) is 18.3 Å². The topological polar surface area (TPSA) is 78.4 Å². The summed E-state index contributed by atoms with van der Waals surface area (Å²) in [4.78, 5) is 12.1. The van der Waals surface area contributed by atoms with Crippen LogP contribution in [0.4, 0.5) is 0 Å². The highest BCUT2D eigenvalue weighted by Gasteiger charge is 2.16. The first-order chi connectivity index (χ1) is 12.6. The molecule has 0 atom stereocenters. The number of carbonyl (C=O) groups is 1. The molecule has 0 saturated carbocycles. The summed E-state index contributed by atoms with van der Waals surface area (Å²) < 4.78 is 16.1. The predicted octanol–water partition coefficient (Wildman–Crippen LogP) is 5.15. The highest BCUT2D eigenvalue weighted by molar-refractivity contribution is 6.31. The molecule has 2 aromatic carbocycles. The number of nitrogens with zero attached hydrogens (tertiary/aromatic N) is 2. The van der Waals surface area contributed by atoms with Crippen LogP contribution in [-0.2, 0) is 11.3 Å². The molecule has 8 heteroatoms. The molecule has 4 rings (SSSR count). The number of fused-ring (bicyclic) bond motifs is 1. The molecule has 0 spiro atoms. The van der Waals surface area contributed by atoms with Crippen LogP contribution in [-0.4, -0.2) is 16.2 Å². The quantitative estimate of drug-likeness (QED) is 0.450. The zero-order valence-electron chi connectivity index (χ0n) is 13.1. The van der Waals surface area contributed by atoms with Gasteiger partial charge in [0, 0.05) is 21.0 Å². The molecule has 4 aromatic rings. The van der Waals surface area contributed by atoms with Crippen molar-refractivity contribution in [2.45, 2.75) is 6.61 Å². The zero-order chi connectivity index (χ0) is 18.1. The van der Waals surface area contributed by atoms with E-state index in [2.05, 4.69) is 10.2 Å². The number of hydrogen-bond donors (Lipinski definition) is 0. The maximum Gasteiger partial charge on any atom is 0.374 e. The van der Waals surface area contributed by atoms with Gasteiger partial charge in [0.25, 0.3) is 5.89 Å². The molecule has 0 N–H and O–H groups in total. The lowest BCUT2D eigenvalue weighted by molar-refractivity contribution is 0.0405. The number of benzene rings is 2. The number of carbonyl (C=O) groups excluding carboxylic acids is 1. The monoisotopic (exact) mass is 388 g/mol. The maximum absolute atomic E-state index is 12.1. The minimum absolute atomic E-state index is 0.0692. The molecule has 0 amide bonds.